The van der Waals surface area contributed by atoms with Gasteiger partial charge in [-0.05, 0) is 30.7 Å². The summed E-state index contributed by atoms with van der Waals surface area (Å²) < 4.78 is 5.77. The minimum atomic E-state index is -1.24. The highest BCUT2D eigenvalue weighted by Gasteiger charge is 2.00. The van der Waals surface area contributed by atoms with Gasteiger partial charge in [-0.15, -0.1) is 0 Å². The molecule has 0 spiro atoms. The fraction of sp³-hybridized carbons (Fsp3) is 0.462. The summed E-state index contributed by atoms with van der Waals surface area (Å²) >= 11 is 11.1. The number of nitrogens with zero attached hydrogens (tertiary/aromatic N) is 1. The van der Waals surface area contributed by atoms with Crippen molar-refractivity contribution < 1.29 is 19.1 Å². The first-order chi connectivity index (χ1) is 8.65. The van der Waals surface area contributed by atoms with Crippen LogP contribution in [0.5, 0.6) is 5.75 Å². The summed E-state index contributed by atoms with van der Waals surface area (Å²) in [6.07, 6.45) is 0. The van der Waals surface area contributed by atoms with Gasteiger partial charge in [0.25, 0.3) is 0 Å². The van der Waals surface area contributed by atoms with Crippen molar-refractivity contribution in [2.24, 2.45) is 0 Å². The zero-order valence-corrected chi connectivity index (χ0v) is 13.1. The first kappa shape index (κ1) is 18.0. The Morgan fingerprint density at radius 3 is 2.26 bits per heavy atom. The van der Waals surface area contributed by atoms with Crippen LogP contribution in [0.2, 0.25) is 5.02 Å². The van der Waals surface area contributed by atoms with Gasteiger partial charge in [0.2, 0.25) is 0 Å². The van der Waals surface area contributed by atoms with E-state index in [2.05, 4.69) is 0 Å². The second-order valence-corrected chi connectivity index (χ2v) is 5.66. The lowest BCUT2D eigenvalue weighted by atomic mass is 10.2. The van der Waals surface area contributed by atoms with Gasteiger partial charge in [0.1, 0.15) is 12.4 Å². The Morgan fingerprint density at radius 2 is 1.89 bits per heavy atom. The molecular weight excluding hydrogens is 289 g/mol. The molecule has 19 heavy (non-hydrogen) atoms. The maximum absolute atomic E-state index is 10.1. The molecule has 0 aromatic heterocycles. The quantitative estimate of drug-likeness (QED) is 0.483. The summed E-state index contributed by atoms with van der Waals surface area (Å²) in [7, 11) is 6.15. The number of rotatable bonds is 4. The minimum absolute atomic E-state index is 0.442. The maximum atomic E-state index is 10.1. The lowest BCUT2D eigenvalue weighted by Gasteiger charge is -2.18. The number of carboxylic acids is 1. The number of carboxylic acid groups (broad SMARTS) is 1. The molecule has 0 heterocycles. The van der Waals surface area contributed by atoms with Gasteiger partial charge in [0.05, 0.1) is 27.1 Å². The van der Waals surface area contributed by atoms with Crippen LogP contribution in [-0.4, -0.2) is 44.2 Å². The lowest BCUT2D eigenvalue weighted by molar-refractivity contribution is -0.858. The second kappa shape index (κ2) is 8.25. The first-order valence-electron chi connectivity index (χ1n) is 5.61. The van der Waals surface area contributed by atoms with E-state index in [0.29, 0.717) is 16.8 Å². The fourth-order valence-electron chi connectivity index (χ4n) is 0.911. The van der Waals surface area contributed by atoms with Gasteiger partial charge in [-0.1, -0.05) is 23.2 Å². The second-order valence-electron chi connectivity index (χ2n) is 4.98. The third-order valence-corrected chi connectivity index (χ3v) is 2.79. The topological polar surface area (TPSA) is 49.4 Å². The molecule has 0 saturated heterocycles. The molecule has 1 rings (SSSR count). The van der Waals surface area contributed by atoms with E-state index >= 15 is 0 Å². The number of aliphatic carboxylic acids is 1. The molecule has 0 aliphatic rings. The number of aryl methyl sites for hydroxylation is 1. The molecule has 1 aromatic carbocycles. The Kier molecular flexibility index (Phi) is 7.83. The Labute approximate surface area is 124 Å². The zero-order valence-electron chi connectivity index (χ0n) is 11.6. The standard InChI is InChI=1S/C9H9ClO3.C4H11ClN/c1-6-4-7(10)2-3-8(6)13-5-9(11)12;1-6(2,3)4-5/h2-4H,5H2,1H3,(H,11,12);4H2,1-3H3/q;+1/p-1. The molecule has 1 aromatic rings. The van der Waals surface area contributed by atoms with E-state index < -0.39 is 12.6 Å². The van der Waals surface area contributed by atoms with Crippen LogP contribution in [0, 0.1) is 6.92 Å². The van der Waals surface area contributed by atoms with Crippen molar-refractivity contribution in [3.63, 3.8) is 0 Å². The molecular formula is C13H19Cl2NO3. The first-order valence-corrected chi connectivity index (χ1v) is 6.52. The summed E-state index contributed by atoms with van der Waals surface area (Å²) in [5, 5.41) is 10.7. The van der Waals surface area contributed by atoms with Crippen LogP contribution in [0.1, 0.15) is 5.56 Å². The molecule has 0 atom stereocenters. The maximum Gasteiger partial charge on any atom is 0.154 e. The molecule has 0 fully saturated rings. The third kappa shape index (κ3) is 9.59. The van der Waals surface area contributed by atoms with Gasteiger partial charge in [-0.2, -0.15) is 0 Å². The highest BCUT2D eigenvalue weighted by atomic mass is 35.5. The number of quaternary nitrogens is 1. The zero-order chi connectivity index (χ0) is 15.1. The van der Waals surface area contributed by atoms with Gasteiger partial charge < -0.3 is 19.1 Å². The van der Waals surface area contributed by atoms with E-state index in [4.69, 9.17) is 27.9 Å². The van der Waals surface area contributed by atoms with E-state index in [0.717, 1.165) is 10.0 Å². The number of carbonyl (C=O) groups is 1. The molecule has 0 aliphatic carbocycles. The van der Waals surface area contributed by atoms with E-state index in [1.165, 1.54) is 0 Å². The summed E-state index contributed by atoms with van der Waals surface area (Å²) in [5.41, 5.74) is 0.800. The van der Waals surface area contributed by atoms with Crippen LogP contribution < -0.4 is 9.84 Å². The van der Waals surface area contributed by atoms with Gasteiger partial charge >= 0.3 is 0 Å². The van der Waals surface area contributed by atoms with Crippen molar-refractivity contribution in [1.29, 1.82) is 0 Å². The normalized spacial score (nSPS) is 10.4. The number of hydrogen-bond acceptors (Lipinski definition) is 3. The summed E-state index contributed by atoms with van der Waals surface area (Å²) in [6.45, 7) is 1.35. The Hall–Kier alpha value is -0.970. The average Bonchev–Trinajstić information content (AvgIpc) is 2.27. The van der Waals surface area contributed by atoms with Crippen molar-refractivity contribution in [1.82, 2.24) is 0 Å². The Balaban J connectivity index is 0.000000459. The van der Waals surface area contributed by atoms with Crippen molar-refractivity contribution in [3.8, 4) is 5.75 Å². The predicted octanol–water partition coefficient (Wildman–Crippen LogP) is 1.67. The van der Waals surface area contributed by atoms with Crippen molar-refractivity contribution >= 4 is 29.2 Å². The Morgan fingerprint density at radius 1 is 1.37 bits per heavy atom. The van der Waals surface area contributed by atoms with Gasteiger partial charge in [-0.25, -0.2) is 0 Å². The average molecular weight is 308 g/mol. The van der Waals surface area contributed by atoms with Crippen LogP contribution in [0.15, 0.2) is 18.2 Å². The highest BCUT2D eigenvalue weighted by molar-refractivity contribution is 6.30. The van der Waals surface area contributed by atoms with Gasteiger partial charge in [-0.3, -0.25) is 0 Å². The van der Waals surface area contributed by atoms with Crippen molar-refractivity contribution in [2.75, 3.05) is 33.8 Å². The summed E-state index contributed by atoms with van der Waals surface area (Å²) in [5.74, 6) is -0.733. The molecule has 0 aliphatic heterocycles. The minimum Gasteiger partial charge on any atom is -0.546 e. The Bertz CT molecular complexity index is 417. The van der Waals surface area contributed by atoms with E-state index in [9.17, 15) is 9.90 Å². The molecule has 6 heteroatoms. The van der Waals surface area contributed by atoms with Gasteiger partial charge in [0, 0.05) is 5.02 Å². The molecule has 0 radical (unpaired) electrons. The number of alkyl halides is 1. The number of ether oxygens (including phenoxy) is 1. The van der Waals surface area contributed by atoms with Crippen molar-refractivity contribution in [2.45, 2.75) is 6.92 Å². The van der Waals surface area contributed by atoms with Crippen LogP contribution in [-0.2, 0) is 4.79 Å². The van der Waals surface area contributed by atoms with E-state index in [1.54, 1.807) is 25.1 Å². The molecule has 0 amide bonds. The lowest BCUT2D eigenvalue weighted by Crippen LogP contribution is -2.32. The van der Waals surface area contributed by atoms with E-state index in [-0.39, 0.29) is 0 Å². The molecule has 0 unspecified atom stereocenters. The number of benzene rings is 1. The molecule has 0 saturated carbocycles. The highest BCUT2D eigenvalue weighted by Crippen LogP contribution is 2.21. The van der Waals surface area contributed by atoms with Crippen LogP contribution >= 0.6 is 23.2 Å². The van der Waals surface area contributed by atoms with E-state index in [1.807, 2.05) is 21.1 Å². The summed E-state index contributed by atoms with van der Waals surface area (Å²) in [4.78, 5) is 10.1. The molecule has 0 N–H and O–H groups in total. The predicted molar refractivity (Wildman–Crippen MR) is 75.4 cm³/mol. The number of hydrogen-bond donors (Lipinski definition) is 0. The fourth-order valence-corrected chi connectivity index (χ4v) is 1.14. The van der Waals surface area contributed by atoms with Crippen LogP contribution in [0.4, 0.5) is 0 Å². The number of halogens is 2. The largest absolute Gasteiger partial charge is 0.546 e. The number of carbonyl (C=O) groups excluding carboxylic acids is 1. The smallest absolute Gasteiger partial charge is 0.154 e. The molecule has 4 nitrogen and oxygen atoms in total. The SMILES string of the molecule is C[N+](C)(C)CCl.Cc1cc(Cl)ccc1OCC(=O)[O-]. The molecule has 108 valence electrons. The van der Waals surface area contributed by atoms with Crippen molar-refractivity contribution in [3.05, 3.63) is 28.8 Å². The van der Waals surface area contributed by atoms with Crippen LogP contribution in [0.25, 0.3) is 0 Å². The summed E-state index contributed by atoms with van der Waals surface area (Å²) in [6, 6.07) is 5.64. The van der Waals surface area contributed by atoms with Gasteiger partial charge in [0.15, 0.2) is 6.00 Å². The monoisotopic (exact) mass is 307 g/mol. The molecule has 0 bridgehead atoms. The third-order valence-electron chi connectivity index (χ3n) is 1.84. The van der Waals surface area contributed by atoms with Crippen LogP contribution in [0.3, 0.4) is 0 Å².